The fourth-order valence-electron chi connectivity index (χ4n) is 5.95. The Balaban J connectivity index is 1.17. The van der Waals surface area contributed by atoms with Crippen molar-refractivity contribution < 1.29 is 61.7 Å². The van der Waals surface area contributed by atoms with E-state index in [1.807, 2.05) is 0 Å². The summed E-state index contributed by atoms with van der Waals surface area (Å²) in [5.41, 5.74) is 2.59. The number of benzene rings is 3. The molecule has 2 N–H and O–H groups in total. The molecule has 17 heteroatoms. The first-order chi connectivity index (χ1) is 25.6. The quantitative estimate of drug-likeness (QED) is 0.122. The summed E-state index contributed by atoms with van der Waals surface area (Å²) in [7, 11) is 0. The van der Waals surface area contributed by atoms with Gasteiger partial charge in [0.05, 0.1) is 25.1 Å². The van der Waals surface area contributed by atoms with Crippen LogP contribution in [0, 0.1) is 17.5 Å². The van der Waals surface area contributed by atoms with Crippen molar-refractivity contribution >= 4 is 29.2 Å². The van der Waals surface area contributed by atoms with Crippen LogP contribution in [-0.2, 0) is 20.9 Å². The summed E-state index contributed by atoms with van der Waals surface area (Å²) in [4.78, 5) is 35.4. The second-order valence-electron chi connectivity index (χ2n) is 12.4. The maximum absolute atomic E-state index is 14.5. The van der Waals surface area contributed by atoms with Crippen molar-refractivity contribution in [3.8, 4) is 23.0 Å². The molecule has 1 fully saturated rings. The lowest BCUT2D eigenvalue weighted by molar-refractivity contribution is -0.492. The number of carbonyl (C=O) groups excluding carboxylic acids is 2. The lowest BCUT2D eigenvalue weighted by Gasteiger charge is -2.33. The summed E-state index contributed by atoms with van der Waals surface area (Å²) in [6, 6.07) is 11.4. The van der Waals surface area contributed by atoms with Crippen LogP contribution in [0.3, 0.4) is 0 Å². The molecule has 3 aromatic rings. The van der Waals surface area contributed by atoms with Crippen molar-refractivity contribution in [1.82, 2.24) is 15.2 Å². The van der Waals surface area contributed by atoms with Gasteiger partial charge in [0.25, 0.3) is 5.91 Å². The van der Waals surface area contributed by atoms with Crippen LogP contribution in [-0.4, -0.2) is 90.0 Å². The minimum Gasteiger partial charge on any atom is -0.490 e. The largest absolute Gasteiger partial charge is 0.490 e. The Morgan fingerprint density at radius 1 is 0.906 bits per heavy atom. The Morgan fingerprint density at radius 3 is 2.28 bits per heavy atom. The Hall–Kier alpha value is -4.74. The van der Waals surface area contributed by atoms with Crippen LogP contribution < -0.4 is 18.9 Å². The van der Waals surface area contributed by atoms with Gasteiger partial charge in [0.15, 0.2) is 28.9 Å². The smallest absolute Gasteiger partial charge is 0.410 e. The maximum atomic E-state index is 14.5. The molecule has 2 heterocycles. The summed E-state index contributed by atoms with van der Waals surface area (Å²) >= 11 is 6.61. The second-order valence-corrected chi connectivity index (χ2v) is 12.8. The van der Waals surface area contributed by atoms with Gasteiger partial charge in [-0.25, -0.2) is 18.0 Å². The normalized spacial score (nSPS) is 15.2. The second kappa shape index (κ2) is 17.4. The molecule has 2 aliphatic heterocycles. The summed E-state index contributed by atoms with van der Waals surface area (Å²) in [6.07, 6.45) is 2.18. The maximum Gasteiger partial charge on any atom is 0.410 e. The third kappa shape index (κ3) is 9.83. The summed E-state index contributed by atoms with van der Waals surface area (Å²) in [5.74, 6) is -2.82. The Bertz CT molecular complexity index is 1800. The van der Waals surface area contributed by atoms with E-state index in [0.29, 0.717) is 64.8 Å². The monoisotopic (exact) mass is 763 g/mol. The first kappa shape index (κ1) is 38.0. The molecular weight excluding hydrogens is 727 g/mol. The predicted octanol–water partition coefficient (Wildman–Crippen LogP) is 6.52. The highest BCUT2D eigenvalue weighted by Gasteiger charge is 2.38. The number of rotatable bonds is 16. The molecule has 1 saturated carbocycles. The fourth-order valence-corrected chi connectivity index (χ4v) is 6.16. The van der Waals surface area contributed by atoms with Gasteiger partial charge in [0.1, 0.15) is 24.8 Å². The summed E-state index contributed by atoms with van der Waals surface area (Å²) in [5, 5.41) is 17.3. The van der Waals surface area contributed by atoms with E-state index < -0.39 is 29.3 Å². The van der Waals surface area contributed by atoms with E-state index in [9.17, 15) is 22.8 Å². The third-order valence-electron chi connectivity index (χ3n) is 8.73. The Labute approximate surface area is 307 Å². The molecule has 0 unspecified atom stereocenters. The Kier molecular flexibility index (Phi) is 12.5. The average Bonchev–Trinajstić information content (AvgIpc) is 3.88. The zero-order chi connectivity index (χ0) is 37.5. The molecule has 284 valence electrons. The SMILES string of the molecule is O=C(OCCCCON(O)O)N1CCC(c2ccc(OCCOc3c(F)cc(F)cc3F)cc2)=C(C(=O)N(Cc2cc3c(cc2Cl)OCO3)C2CC2)C1. The first-order valence-electron chi connectivity index (χ1n) is 16.9. The lowest BCUT2D eigenvalue weighted by atomic mass is 9.92. The number of halogens is 4. The van der Waals surface area contributed by atoms with E-state index in [0.717, 1.165) is 24.0 Å². The molecule has 0 atom stereocenters. The zero-order valence-corrected chi connectivity index (χ0v) is 29.2. The first-order valence-corrected chi connectivity index (χ1v) is 17.3. The van der Waals surface area contributed by atoms with Crippen LogP contribution in [0.15, 0.2) is 54.1 Å². The number of amides is 2. The molecule has 3 aliphatic rings. The molecule has 0 aromatic heterocycles. The molecular formula is C36H37ClF3N3O10. The van der Waals surface area contributed by atoms with Crippen LogP contribution in [0.4, 0.5) is 18.0 Å². The van der Waals surface area contributed by atoms with E-state index in [2.05, 4.69) is 4.84 Å². The fraction of sp³-hybridized carbons (Fsp3) is 0.389. The minimum absolute atomic E-state index is 0.00964. The number of carbonyl (C=O) groups is 2. The molecule has 53 heavy (non-hydrogen) atoms. The van der Waals surface area contributed by atoms with Crippen molar-refractivity contribution in [2.75, 3.05) is 46.3 Å². The van der Waals surface area contributed by atoms with Gasteiger partial charge >= 0.3 is 6.09 Å². The van der Waals surface area contributed by atoms with Gasteiger partial charge in [0.2, 0.25) is 6.79 Å². The van der Waals surface area contributed by atoms with Gasteiger partial charge in [-0.2, -0.15) is 0 Å². The molecule has 0 radical (unpaired) electrons. The molecule has 1 aliphatic carbocycles. The topological polar surface area (TPSA) is 140 Å². The molecule has 2 amide bonds. The highest BCUT2D eigenvalue weighted by molar-refractivity contribution is 6.31. The van der Waals surface area contributed by atoms with Crippen molar-refractivity contribution in [2.24, 2.45) is 0 Å². The van der Waals surface area contributed by atoms with Crippen LogP contribution in [0.25, 0.3) is 5.57 Å². The molecule has 13 nitrogen and oxygen atoms in total. The summed E-state index contributed by atoms with van der Waals surface area (Å²) in [6.45, 7) is 0.357. The van der Waals surface area contributed by atoms with E-state index >= 15 is 0 Å². The Morgan fingerprint density at radius 2 is 1.58 bits per heavy atom. The van der Waals surface area contributed by atoms with E-state index in [1.54, 1.807) is 41.3 Å². The lowest BCUT2D eigenvalue weighted by Crippen LogP contribution is -2.43. The van der Waals surface area contributed by atoms with Gasteiger partial charge in [-0.3, -0.25) is 20.0 Å². The molecule has 0 bridgehead atoms. The van der Waals surface area contributed by atoms with Crippen LogP contribution >= 0.6 is 11.6 Å². The van der Waals surface area contributed by atoms with Gasteiger partial charge in [-0.1, -0.05) is 23.7 Å². The molecule has 3 aromatic carbocycles. The van der Waals surface area contributed by atoms with Gasteiger partial charge in [-0.05, 0) is 67.0 Å². The van der Waals surface area contributed by atoms with E-state index in [1.165, 1.54) is 4.90 Å². The number of unbranched alkanes of at least 4 members (excludes halogenated alkanes) is 1. The van der Waals surface area contributed by atoms with Gasteiger partial charge in [0, 0.05) is 47.9 Å². The van der Waals surface area contributed by atoms with Crippen molar-refractivity contribution in [1.29, 1.82) is 0 Å². The number of hydrogen-bond donors (Lipinski definition) is 2. The zero-order valence-electron chi connectivity index (χ0n) is 28.4. The number of nitrogens with zero attached hydrogens (tertiary/aromatic N) is 3. The molecule has 6 rings (SSSR count). The average molecular weight is 764 g/mol. The van der Waals surface area contributed by atoms with Crippen LogP contribution in [0.1, 0.15) is 43.2 Å². The predicted molar refractivity (Wildman–Crippen MR) is 180 cm³/mol. The number of ether oxygens (including phenoxy) is 5. The van der Waals surface area contributed by atoms with E-state index in [4.69, 9.17) is 45.7 Å². The summed E-state index contributed by atoms with van der Waals surface area (Å²) < 4.78 is 68.2. The van der Waals surface area contributed by atoms with Crippen molar-refractivity contribution in [3.63, 3.8) is 0 Å². The standard InChI is InChI=1S/C36H37ClF3N3O10/c37-29-18-33-32(51-21-52-33)15-23(29)19-42(25-5-6-25)35(44)28-20-41(36(45)50-11-1-2-12-53-43(46)47)10-9-27(28)22-3-7-26(8-4-22)48-13-14-49-34-30(39)16-24(38)17-31(34)40/h3-4,7-8,15-18,25,46-47H,1-2,5-6,9-14,19-21H2. The third-order valence-corrected chi connectivity index (χ3v) is 9.08. The molecule has 0 spiro atoms. The van der Waals surface area contributed by atoms with Crippen molar-refractivity contribution in [3.05, 3.63) is 87.7 Å². The van der Waals surface area contributed by atoms with Crippen LogP contribution in [0.2, 0.25) is 5.02 Å². The van der Waals surface area contributed by atoms with Gasteiger partial charge < -0.3 is 33.5 Å². The minimum atomic E-state index is -1.16. The highest BCUT2D eigenvalue weighted by atomic mass is 35.5. The van der Waals surface area contributed by atoms with Gasteiger partial charge in [-0.15, -0.1) is 0 Å². The highest BCUT2D eigenvalue weighted by Crippen LogP contribution is 2.40. The number of fused-ring (bicyclic) bond motifs is 1. The molecule has 0 saturated heterocycles. The van der Waals surface area contributed by atoms with E-state index in [-0.39, 0.29) is 70.2 Å². The number of hydrogen-bond acceptors (Lipinski definition) is 11. The van der Waals surface area contributed by atoms with Crippen LogP contribution in [0.5, 0.6) is 23.0 Å². The van der Waals surface area contributed by atoms with Crippen molar-refractivity contribution in [2.45, 2.75) is 44.7 Å².